The second-order valence-corrected chi connectivity index (χ2v) is 7.13. The molecule has 3 heterocycles. The highest BCUT2D eigenvalue weighted by atomic mass is 35.5. The van der Waals surface area contributed by atoms with Gasteiger partial charge in [-0.25, -0.2) is 4.90 Å². The quantitative estimate of drug-likeness (QED) is 0.674. The van der Waals surface area contributed by atoms with E-state index in [1.54, 1.807) is 22.8 Å². The minimum atomic E-state index is -1.38. The molecule has 4 rings (SSSR count). The molecule has 138 valence electrons. The van der Waals surface area contributed by atoms with Crippen LogP contribution >= 0.6 is 23.2 Å². The summed E-state index contributed by atoms with van der Waals surface area (Å²) in [6.07, 6.45) is 0.801. The van der Waals surface area contributed by atoms with Crippen molar-refractivity contribution in [3.63, 3.8) is 0 Å². The molecule has 0 radical (unpaired) electrons. The molecule has 1 aromatic carbocycles. The van der Waals surface area contributed by atoms with Crippen molar-refractivity contribution in [3.05, 3.63) is 69.3 Å². The van der Waals surface area contributed by atoms with Gasteiger partial charge >= 0.3 is 6.01 Å². The highest BCUT2D eigenvalue weighted by Crippen LogP contribution is 2.25. The van der Waals surface area contributed by atoms with E-state index in [9.17, 15) is 9.90 Å². The number of nitrogens with zero attached hydrogens (tertiary/aromatic N) is 4. The van der Waals surface area contributed by atoms with Gasteiger partial charge in [0.25, 0.3) is 11.5 Å². The van der Waals surface area contributed by atoms with Crippen LogP contribution in [0.5, 0.6) is 0 Å². The maximum atomic E-state index is 12.4. The van der Waals surface area contributed by atoms with Gasteiger partial charge in [-0.3, -0.25) is 4.79 Å². The molecule has 1 aliphatic rings. The summed E-state index contributed by atoms with van der Waals surface area (Å²) in [5.41, 5.74) is 2.28. The van der Waals surface area contributed by atoms with E-state index < -0.39 is 12.0 Å². The van der Waals surface area contributed by atoms with E-state index in [4.69, 9.17) is 27.6 Å². The molecule has 7 nitrogen and oxygen atoms in total. The Labute approximate surface area is 164 Å². The molecule has 0 spiro atoms. The van der Waals surface area contributed by atoms with Crippen molar-refractivity contribution in [3.8, 4) is 0 Å². The Balaban J connectivity index is 1.59. The molecule has 0 saturated heterocycles. The Hall–Kier alpha value is -2.48. The van der Waals surface area contributed by atoms with Crippen LogP contribution in [0.3, 0.4) is 0 Å². The molecule has 0 amide bonds. The number of fused-ring (bicyclic) bond motifs is 1. The summed E-state index contributed by atoms with van der Waals surface area (Å²) in [5.74, 6) is -0.0893. The molecule has 0 fully saturated rings. The maximum absolute atomic E-state index is 12.4. The zero-order valence-electron chi connectivity index (χ0n) is 14.3. The number of aromatic nitrogens is 3. The lowest BCUT2D eigenvalue weighted by Crippen LogP contribution is -2.60. The SMILES string of the molecule is Cc1ccc2[n+](c1)CN(c1nnc(Cc3ccc(Cl)c(Cl)c3)o1)C(O)C2=O. The van der Waals surface area contributed by atoms with Gasteiger partial charge in [0.1, 0.15) is 0 Å². The highest BCUT2D eigenvalue weighted by molar-refractivity contribution is 6.42. The minimum Gasteiger partial charge on any atom is -0.407 e. The summed E-state index contributed by atoms with van der Waals surface area (Å²) in [6.45, 7) is 2.15. The lowest BCUT2D eigenvalue weighted by molar-refractivity contribution is -0.702. The van der Waals surface area contributed by atoms with E-state index >= 15 is 0 Å². The number of aliphatic hydroxyl groups excluding tert-OH is 1. The standard InChI is InChI=1S/C18H15Cl2N4O3/c1-10-2-5-14-16(25)17(26)24(9-23(14)8-10)18-22-21-15(27-18)7-11-3-4-12(19)13(20)6-11/h2-6,8,17,26H,7,9H2,1H3/q+1. The van der Waals surface area contributed by atoms with Gasteiger partial charge < -0.3 is 9.52 Å². The molecule has 2 aromatic heterocycles. The van der Waals surface area contributed by atoms with Crippen LogP contribution in [-0.2, 0) is 13.1 Å². The van der Waals surface area contributed by atoms with Crippen molar-refractivity contribution in [2.24, 2.45) is 0 Å². The maximum Gasteiger partial charge on any atom is 0.325 e. The monoisotopic (exact) mass is 405 g/mol. The lowest BCUT2D eigenvalue weighted by Gasteiger charge is -2.26. The largest absolute Gasteiger partial charge is 0.407 e. The molecule has 27 heavy (non-hydrogen) atoms. The van der Waals surface area contributed by atoms with Crippen LogP contribution in [-0.4, -0.2) is 27.3 Å². The van der Waals surface area contributed by atoms with Crippen molar-refractivity contribution in [2.75, 3.05) is 4.90 Å². The first kappa shape index (κ1) is 17.9. The third-order valence-corrected chi connectivity index (χ3v) is 5.04. The first-order chi connectivity index (χ1) is 12.9. The predicted octanol–water partition coefficient (Wildman–Crippen LogP) is 2.54. The van der Waals surface area contributed by atoms with E-state index in [-0.39, 0.29) is 12.7 Å². The number of halogens is 2. The summed E-state index contributed by atoms with van der Waals surface area (Å²) in [6, 6.07) is 8.83. The van der Waals surface area contributed by atoms with Crippen molar-refractivity contribution in [2.45, 2.75) is 26.2 Å². The van der Waals surface area contributed by atoms with Gasteiger partial charge in [0, 0.05) is 11.6 Å². The average molecular weight is 406 g/mol. The van der Waals surface area contributed by atoms with Crippen LogP contribution in [0.4, 0.5) is 6.01 Å². The van der Waals surface area contributed by atoms with Crippen LogP contribution < -0.4 is 9.47 Å². The Morgan fingerprint density at radius 2 is 2.07 bits per heavy atom. The summed E-state index contributed by atoms with van der Waals surface area (Å²) < 4.78 is 7.41. The molecule has 9 heteroatoms. The Morgan fingerprint density at radius 3 is 2.85 bits per heavy atom. The number of carbonyl (C=O) groups excluding carboxylic acids is 1. The van der Waals surface area contributed by atoms with Gasteiger partial charge in [-0.1, -0.05) is 34.4 Å². The fourth-order valence-electron chi connectivity index (χ4n) is 2.94. The number of hydrogen-bond acceptors (Lipinski definition) is 6. The molecule has 0 bridgehead atoms. The van der Waals surface area contributed by atoms with E-state index in [1.165, 1.54) is 4.90 Å². The predicted molar refractivity (Wildman–Crippen MR) is 97.8 cm³/mol. The molecule has 1 N–H and O–H groups in total. The van der Waals surface area contributed by atoms with Gasteiger partial charge in [0.05, 0.1) is 16.5 Å². The van der Waals surface area contributed by atoms with Crippen LogP contribution in [0.15, 0.2) is 40.9 Å². The lowest BCUT2D eigenvalue weighted by atomic mass is 10.1. The smallest absolute Gasteiger partial charge is 0.325 e. The molecule has 0 aliphatic carbocycles. The van der Waals surface area contributed by atoms with E-state index in [2.05, 4.69) is 10.2 Å². The van der Waals surface area contributed by atoms with Crippen molar-refractivity contribution in [1.29, 1.82) is 0 Å². The average Bonchev–Trinajstić information content (AvgIpc) is 3.09. The summed E-state index contributed by atoms with van der Waals surface area (Å²) >= 11 is 11.9. The third kappa shape index (κ3) is 3.41. The topological polar surface area (TPSA) is 83.3 Å². The van der Waals surface area contributed by atoms with Crippen LogP contribution in [0.1, 0.15) is 27.5 Å². The molecular weight excluding hydrogens is 391 g/mol. The Kier molecular flexibility index (Phi) is 4.59. The number of Topliss-reactive ketones (excluding diaryl/α,β-unsaturated/α-hetero) is 1. The third-order valence-electron chi connectivity index (χ3n) is 4.30. The number of pyridine rings is 1. The second-order valence-electron chi connectivity index (χ2n) is 6.31. The zero-order chi connectivity index (χ0) is 19.1. The fourth-order valence-corrected chi connectivity index (χ4v) is 3.26. The van der Waals surface area contributed by atoms with Crippen LogP contribution in [0.2, 0.25) is 10.0 Å². The first-order valence-electron chi connectivity index (χ1n) is 8.17. The number of hydrogen-bond donors (Lipinski definition) is 1. The first-order valence-corrected chi connectivity index (χ1v) is 8.93. The molecular formula is C18H15Cl2N4O3+. The molecule has 1 atom stereocenters. The Morgan fingerprint density at radius 1 is 1.26 bits per heavy atom. The van der Waals surface area contributed by atoms with E-state index in [1.807, 2.05) is 25.3 Å². The van der Waals surface area contributed by atoms with Gasteiger partial charge in [-0.2, -0.15) is 4.57 Å². The van der Waals surface area contributed by atoms with Gasteiger partial charge in [0.15, 0.2) is 6.20 Å². The summed E-state index contributed by atoms with van der Waals surface area (Å²) in [7, 11) is 0. The van der Waals surface area contributed by atoms with Crippen molar-refractivity contribution >= 4 is 35.0 Å². The number of aliphatic hydroxyl groups is 1. The number of benzene rings is 1. The number of rotatable bonds is 3. The fraction of sp³-hybridized carbons (Fsp3) is 0.222. The van der Waals surface area contributed by atoms with E-state index in [0.717, 1.165) is 11.1 Å². The van der Waals surface area contributed by atoms with Crippen LogP contribution in [0, 0.1) is 6.92 Å². The van der Waals surface area contributed by atoms with Gasteiger partial charge in [0.2, 0.25) is 18.8 Å². The highest BCUT2D eigenvalue weighted by Gasteiger charge is 2.40. The van der Waals surface area contributed by atoms with Gasteiger partial charge in [-0.05, 0) is 30.7 Å². The second kappa shape index (κ2) is 6.92. The Bertz CT molecular complexity index is 1040. The molecule has 1 aliphatic heterocycles. The number of aryl methyl sites for hydroxylation is 1. The molecule has 3 aromatic rings. The number of ketones is 1. The molecule has 1 unspecified atom stereocenters. The van der Waals surface area contributed by atoms with Crippen molar-refractivity contribution < 1.29 is 18.9 Å². The number of anilines is 1. The summed E-state index contributed by atoms with van der Waals surface area (Å²) in [5, 5.41) is 19.3. The summed E-state index contributed by atoms with van der Waals surface area (Å²) in [4.78, 5) is 13.8. The zero-order valence-corrected chi connectivity index (χ0v) is 15.8. The normalized spacial score (nSPS) is 16.5. The number of carbonyl (C=O) groups is 1. The van der Waals surface area contributed by atoms with Crippen molar-refractivity contribution in [1.82, 2.24) is 10.2 Å². The molecule has 0 saturated carbocycles. The van der Waals surface area contributed by atoms with E-state index in [0.29, 0.717) is 28.1 Å². The minimum absolute atomic E-state index is 0.0746. The van der Waals surface area contributed by atoms with Gasteiger partial charge in [-0.15, -0.1) is 5.10 Å². The van der Waals surface area contributed by atoms with Crippen LogP contribution in [0.25, 0.3) is 0 Å².